The Morgan fingerprint density at radius 2 is 1.75 bits per heavy atom. The Bertz CT molecular complexity index is 1010. The number of nitrogens with one attached hydrogen (secondary N) is 4. The fourth-order valence-corrected chi connectivity index (χ4v) is 3.57. The minimum atomic E-state index is -0.941. The van der Waals surface area contributed by atoms with Gasteiger partial charge in [0, 0.05) is 25.7 Å². The van der Waals surface area contributed by atoms with Crippen LogP contribution in [0.15, 0.2) is 29.3 Å². The van der Waals surface area contributed by atoms with E-state index < -0.39 is 41.6 Å². The largest absolute Gasteiger partial charge is 0.370 e. The molecule has 196 valence electrons. The molecule has 2 bridgehead atoms. The van der Waals surface area contributed by atoms with Gasteiger partial charge in [-0.25, -0.2) is 0 Å². The average Bonchev–Trinajstić information content (AvgIpc) is 2.86. The lowest BCUT2D eigenvalue weighted by Gasteiger charge is -2.27. The smallest absolute Gasteiger partial charge is 0.251 e. The molecule has 0 aromatic heterocycles. The Hall–Kier alpha value is -4.16. The third kappa shape index (κ3) is 8.56. The van der Waals surface area contributed by atoms with Crippen molar-refractivity contribution in [2.24, 2.45) is 16.5 Å². The topological polar surface area (TPSA) is 201 Å². The summed E-state index contributed by atoms with van der Waals surface area (Å²) < 4.78 is 0. The number of benzene rings is 1. The zero-order valence-electron chi connectivity index (χ0n) is 20.5. The molecule has 0 saturated carbocycles. The molecule has 2 atom stereocenters. The average molecular weight is 503 g/mol. The Kier molecular flexibility index (Phi) is 10.7. The molecule has 1 aliphatic heterocycles. The summed E-state index contributed by atoms with van der Waals surface area (Å²) in [5.74, 6) is -2.57. The molecule has 8 N–H and O–H groups in total. The van der Waals surface area contributed by atoms with Crippen LogP contribution in [0, 0.1) is 0 Å². The van der Waals surface area contributed by atoms with Gasteiger partial charge in [-0.3, -0.25) is 29.0 Å². The predicted octanol–water partition coefficient (Wildman–Crippen LogP) is -2.06. The van der Waals surface area contributed by atoms with Crippen molar-refractivity contribution in [1.82, 2.24) is 26.2 Å². The number of amides is 5. The molecule has 2 unspecified atom stereocenters. The van der Waals surface area contributed by atoms with E-state index in [1.807, 2.05) is 0 Å². The molecule has 36 heavy (non-hydrogen) atoms. The quantitative estimate of drug-likeness (QED) is 0.151. The molecule has 2 rings (SSSR count). The number of likely N-dealkylation sites (N-methyl/N-ethyl adjacent to an activating group) is 1. The van der Waals surface area contributed by atoms with E-state index in [-0.39, 0.29) is 38.6 Å². The number of hydrogen-bond acceptors (Lipinski definition) is 6. The van der Waals surface area contributed by atoms with Crippen LogP contribution in [-0.2, 0) is 25.7 Å². The Labute approximate surface area is 209 Å². The fraction of sp³-hybridized carbons (Fsp3) is 0.478. The number of rotatable bonds is 5. The maximum atomic E-state index is 12.9. The first-order valence-corrected chi connectivity index (χ1v) is 11.6. The summed E-state index contributed by atoms with van der Waals surface area (Å²) in [5, 5.41) is 10.4. The number of carbonyl (C=O) groups excluding carboxylic acids is 5. The van der Waals surface area contributed by atoms with E-state index in [0.29, 0.717) is 24.0 Å². The summed E-state index contributed by atoms with van der Waals surface area (Å²) >= 11 is 0. The number of carbonyl (C=O) groups is 5. The van der Waals surface area contributed by atoms with Gasteiger partial charge in [0.05, 0.1) is 13.1 Å². The van der Waals surface area contributed by atoms with Crippen LogP contribution >= 0.6 is 0 Å². The molecule has 1 aromatic carbocycles. The van der Waals surface area contributed by atoms with Crippen molar-refractivity contribution >= 4 is 35.5 Å². The van der Waals surface area contributed by atoms with Gasteiger partial charge < -0.3 is 37.6 Å². The highest BCUT2D eigenvalue weighted by Crippen LogP contribution is 2.09. The number of guanidine groups is 1. The summed E-state index contributed by atoms with van der Waals surface area (Å²) in [7, 11) is 1.44. The zero-order valence-corrected chi connectivity index (χ0v) is 20.5. The molecule has 0 aliphatic carbocycles. The third-order valence-electron chi connectivity index (χ3n) is 5.63. The van der Waals surface area contributed by atoms with E-state index in [9.17, 15) is 24.0 Å². The van der Waals surface area contributed by atoms with Gasteiger partial charge in [-0.15, -0.1) is 0 Å². The highest BCUT2D eigenvalue weighted by molar-refractivity contribution is 5.97. The number of aliphatic imine (C=N–C) groups is 1. The standard InChI is InChI=1S/C23H34N8O5/c1-3-16-21(35)27-11-14-6-4-7-15(10-14)20(34)29-13-19(33)31(2)17(8-5-9-26-23(24)25)22(36)28-12-18(32)30-16/h4,6-7,10,16-17H,3,5,8-9,11-13H2,1-2H3,(H,27,35)(H,28,36)(H,29,34)(H,30,32)(H4,24,25,26). The van der Waals surface area contributed by atoms with Crippen LogP contribution in [0.4, 0.5) is 0 Å². The molecular formula is C23H34N8O5. The number of fused-ring (bicyclic) bond motifs is 2. The van der Waals surface area contributed by atoms with E-state index in [2.05, 4.69) is 26.3 Å². The SMILES string of the molecule is CCC1NC(=O)CNC(=O)C(CCCN=C(N)N)N(C)C(=O)CNC(=O)c2cccc(c2)CNC1=O. The van der Waals surface area contributed by atoms with Crippen LogP contribution in [0.1, 0.15) is 42.1 Å². The van der Waals surface area contributed by atoms with Crippen molar-refractivity contribution in [2.45, 2.75) is 44.8 Å². The van der Waals surface area contributed by atoms with E-state index >= 15 is 0 Å². The molecule has 0 fully saturated rings. The molecule has 0 spiro atoms. The van der Waals surface area contributed by atoms with Crippen molar-refractivity contribution in [3.05, 3.63) is 35.4 Å². The monoisotopic (exact) mass is 502 g/mol. The maximum Gasteiger partial charge on any atom is 0.251 e. The second kappa shape index (κ2) is 13.7. The van der Waals surface area contributed by atoms with Crippen molar-refractivity contribution in [3.63, 3.8) is 0 Å². The Morgan fingerprint density at radius 3 is 2.44 bits per heavy atom. The highest BCUT2D eigenvalue weighted by atomic mass is 16.2. The van der Waals surface area contributed by atoms with E-state index in [1.165, 1.54) is 11.9 Å². The van der Waals surface area contributed by atoms with Gasteiger partial charge in [0.25, 0.3) is 5.91 Å². The van der Waals surface area contributed by atoms with Crippen LogP contribution in [-0.4, -0.2) is 79.2 Å². The molecule has 13 nitrogen and oxygen atoms in total. The molecule has 13 heteroatoms. The van der Waals surface area contributed by atoms with Gasteiger partial charge in [0.2, 0.25) is 23.6 Å². The van der Waals surface area contributed by atoms with E-state index in [0.717, 1.165) is 0 Å². The second-order valence-corrected chi connectivity index (χ2v) is 8.32. The fourth-order valence-electron chi connectivity index (χ4n) is 3.57. The van der Waals surface area contributed by atoms with Gasteiger partial charge in [-0.05, 0) is 37.0 Å². The van der Waals surface area contributed by atoms with Crippen molar-refractivity contribution < 1.29 is 24.0 Å². The molecule has 1 heterocycles. The van der Waals surface area contributed by atoms with Crippen LogP contribution in [0.5, 0.6) is 0 Å². The van der Waals surface area contributed by atoms with Gasteiger partial charge in [0.15, 0.2) is 5.96 Å². The molecule has 0 radical (unpaired) electrons. The number of nitrogens with two attached hydrogens (primary N) is 2. The first-order valence-electron chi connectivity index (χ1n) is 11.6. The van der Waals surface area contributed by atoms with Crippen LogP contribution in [0.3, 0.4) is 0 Å². The maximum absolute atomic E-state index is 12.9. The third-order valence-corrected chi connectivity index (χ3v) is 5.63. The van der Waals surface area contributed by atoms with Gasteiger partial charge in [-0.2, -0.15) is 0 Å². The molecular weight excluding hydrogens is 468 g/mol. The van der Waals surface area contributed by atoms with Crippen LogP contribution in [0.2, 0.25) is 0 Å². The minimum Gasteiger partial charge on any atom is -0.370 e. The van der Waals surface area contributed by atoms with Gasteiger partial charge in [-0.1, -0.05) is 19.1 Å². The molecule has 1 aromatic rings. The normalized spacial score (nSPS) is 20.3. The first kappa shape index (κ1) is 28.1. The van der Waals surface area contributed by atoms with E-state index in [4.69, 9.17) is 11.5 Å². The van der Waals surface area contributed by atoms with Gasteiger partial charge in [0.1, 0.15) is 12.1 Å². The molecule has 0 saturated heterocycles. The Morgan fingerprint density at radius 1 is 1.03 bits per heavy atom. The number of hydrogen-bond donors (Lipinski definition) is 6. The lowest BCUT2D eigenvalue weighted by Crippen LogP contribution is -2.53. The van der Waals surface area contributed by atoms with Crippen LogP contribution < -0.4 is 32.7 Å². The predicted molar refractivity (Wildman–Crippen MR) is 132 cm³/mol. The van der Waals surface area contributed by atoms with Crippen molar-refractivity contribution in [1.29, 1.82) is 0 Å². The lowest BCUT2D eigenvalue weighted by atomic mass is 10.1. The summed E-state index contributed by atoms with van der Waals surface area (Å²) in [5.41, 5.74) is 11.6. The minimum absolute atomic E-state index is 0.0911. The van der Waals surface area contributed by atoms with Crippen LogP contribution in [0.25, 0.3) is 0 Å². The molecule has 5 amide bonds. The van der Waals surface area contributed by atoms with Gasteiger partial charge >= 0.3 is 0 Å². The van der Waals surface area contributed by atoms with E-state index in [1.54, 1.807) is 31.2 Å². The van der Waals surface area contributed by atoms with Crippen molar-refractivity contribution in [2.75, 3.05) is 26.7 Å². The zero-order chi connectivity index (χ0) is 26.7. The summed E-state index contributed by atoms with van der Waals surface area (Å²) in [6, 6.07) is 4.85. The summed E-state index contributed by atoms with van der Waals surface area (Å²) in [4.78, 5) is 68.4. The summed E-state index contributed by atoms with van der Waals surface area (Å²) in [6.45, 7) is 1.41. The highest BCUT2D eigenvalue weighted by Gasteiger charge is 2.28. The first-order chi connectivity index (χ1) is 17.1. The van der Waals surface area contributed by atoms with Crippen molar-refractivity contribution in [3.8, 4) is 0 Å². The molecule has 1 aliphatic rings. The lowest BCUT2D eigenvalue weighted by molar-refractivity contribution is -0.139. The summed E-state index contributed by atoms with van der Waals surface area (Å²) in [6.07, 6.45) is 0.929. The number of nitrogens with zero attached hydrogens (tertiary/aromatic N) is 2. The second-order valence-electron chi connectivity index (χ2n) is 8.32. The Balaban J connectivity index is 2.26.